The molecule has 0 heterocycles. The van der Waals surface area contributed by atoms with Gasteiger partial charge in [-0.15, -0.1) is 0 Å². The highest BCUT2D eigenvalue weighted by molar-refractivity contribution is 6.54. The van der Waals surface area contributed by atoms with E-state index in [0.29, 0.717) is 11.4 Å². The molecule has 0 unspecified atom stereocenters. The zero-order chi connectivity index (χ0) is 19.1. The maximum Gasteiger partial charge on any atom is 0.343 e. The molecular weight excluding hydrogens is 334 g/mol. The van der Waals surface area contributed by atoms with Crippen LogP contribution >= 0.6 is 0 Å². The quantitative estimate of drug-likeness (QED) is 0.609. The van der Waals surface area contributed by atoms with Gasteiger partial charge in [-0.2, -0.15) is 4.99 Å². The summed E-state index contributed by atoms with van der Waals surface area (Å²) in [7, 11) is 3.37. The van der Waals surface area contributed by atoms with Crippen molar-refractivity contribution in [3.63, 3.8) is 0 Å². The first-order valence-corrected chi connectivity index (χ1v) is 8.70. The van der Waals surface area contributed by atoms with E-state index in [0.717, 1.165) is 16.8 Å². The highest BCUT2D eigenvalue weighted by Crippen LogP contribution is 2.17. The molecule has 0 aliphatic rings. The van der Waals surface area contributed by atoms with Gasteiger partial charge in [-0.3, -0.25) is 0 Å². The molecule has 4 heteroatoms. The molecule has 0 saturated carbocycles. The second-order valence-electron chi connectivity index (χ2n) is 6.17. The average Bonchev–Trinajstić information content (AvgIpc) is 2.72. The molecule has 3 rings (SSSR count). The average molecular weight is 355 g/mol. The van der Waals surface area contributed by atoms with E-state index in [4.69, 9.17) is 4.99 Å². The van der Waals surface area contributed by atoms with E-state index < -0.39 is 0 Å². The third kappa shape index (κ3) is 4.76. The highest BCUT2D eigenvalue weighted by atomic mass is 16.2. The van der Waals surface area contributed by atoms with Crippen LogP contribution in [0, 0.1) is 0 Å². The van der Waals surface area contributed by atoms with E-state index in [9.17, 15) is 4.79 Å². The first-order valence-electron chi connectivity index (χ1n) is 8.70. The van der Waals surface area contributed by atoms with Crippen LogP contribution in [0.3, 0.4) is 0 Å². The molecule has 27 heavy (non-hydrogen) atoms. The number of aliphatic imine (C=N–C) groups is 2. The van der Waals surface area contributed by atoms with Crippen molar-refractivity contribution in [2.24, 2.45) is 9.98 Å². The number of rotatable bonds is 4. The number of carbonyl (C=O) groups is 1. The molecule has 0 spiro atoms. The molecule has 0 saturated heterocycles. The van der Waals surface area contributed by atoms with Crippen LogP contribution in [0.1, 0.15) is 11.1 Å². The monoisotopic (exact) mass is 355 g/mol. The summed E-state index contributed by atoms with van der Waals surface area (Å²) in [6.07, 6.45) is 0. The predicted octanol–water partition coefficient (Wildman–Crippen LogP) is 4.98. The summed E-state index contributed by atoms with van der Waals surface area (Å²) in [5.41, 5.74) is 3.74. The number of para-hydroxylation sites is 1. The van der Waals surface area contributed by atoms with Crippen LogP contribution < -0.4 is 0 Å². The minimum absolute atomic E-state index is 0.328. The third-order valence-electron chi connectivity index (χ3n) is 3.91. The van der Waals surface area contributed by atoms with Gasteiger partial charge in [0.05, 0.1) is 11.4 Å². The molecule has 4 nitrogen and oxygen atoms in total. The number of urea groups is 1. The molecule has 0 aliphatic heterocycles. The first kappa shape index (κ1) is 18.3. The van der Waals surface area contributed by atoms with Gasteiger partial charge < -0.3 is 4.90 Å². The minimum atomic E-state index is -0.328. The van der Waals surface area contributed by atoms with Crippen LogP contribution in [0.25, 0.3) is 0 Å². The summed E-state index contributed by atoms with van der Waals surface area (Å²) in [6, 6.07) is 28.8. The maximum atomic E-state index is 12.4. The Balaban J connectivity index is 2.22. The lowest BCUT2D eigenvalue weighted by molar-refractivity contribution is 0.227. The van der Waals surface area contributed by atoms with Gasteiger partial charge in [0.2, 0.25) is 0 Å². The number of nitrogens with zero attached hydrogens (tertiary/aromatic N) is 3. The second-order valence-corrected chi connectivity index (χ2v) is 6.17. The largest absolute Gasteiger partial charge is 0.343 e. The molecule has 134 valence electrons. The third-order valence-corrected chi connectivity index (χ3v) is 3.91. The maximum absolute atomic E-state index is 12.4. The van der Waals surface area contributed by atoms with E-state index in [2.05, 4.69) is 4.99 Å². The van der Waals surface area contributed by atoms with Crippen LogP contribution in [0.15, 0.2) is 101 Å². The fourth-order valence-corrected chi connectivity index (χ4v) is 2.53. The zero-order valence-corrected chi connectivity index (χ0v) is 15.4. The van der Waals surface area contributed by atoms with Gasteiger partial charge in [-0.1, -0.05) is 78.9 Å². The Hall–Kier alpha value is -3.53. The molecule has 0 radical (unpaired) electrons. The van der Waals surface area contributed by atoms with Crippen LogP contribution in [0.2, 0.25) is 0 Å². The Labute approximate surface area is 159 Å². The van der Waals surface area contributed by atoms with Crippen LogP contribution in [-0.2, 0) is 0 Å². The summed E-state index contributed by atoms with van der Waals surface area (Å²) in [5.74, 6) is 0. The molecular formula is C23H21N3O. The Morgan fingerprint density at radius 3 is 1.59 bits per heavy atom. The standard InChI is InChI=1S/C23H21N3O/c1-26(2)23(27)25-22(19-14-8-4-9-15-19)21(18-12-6-3-7-13-18)24-20-16-10-5-11-17-20/h3-17H,1-2H3/b24-21?,25-22+. The minimum Gasteiger partial charge on any atom is -0.329 e. The number of carbonyl (C=O) groups excluding carboxylic acids is 1. The topological polar surface area (TPSA) is 45.0 Å². The van der Waals surface area contributed by atoms with E-state index >= 15 is 0 Å². The molecule has 3 aromatic rings. The van der Waals surface area contributed by atoms with Crippen molar-refractivity contribution >= 4 is 23.1 Å². The predicted molar refractivity (Wildman–Crippen MR) is 111 cm³/mol. The molecule has 3 aromatic carbocycles. The van der Waals surface area contributed by atoms with E-state index in [-0.39, 0.29) is 6.03 Å². The Morgan fingerprint density at radius 2 is 1.11 bits per heavy atom. The van der Waals surface area contributed by atoms with Crippen molar-refractivity contribution in [3.8, 4) is 0 Å². The van der Waals surface area contributed by atoms with Gasteiger partial charge in [-0.25, -0.2) is 9.79 Å². The molecule has 0 N–H and O–H groups in total. The van der Waals surface area contributed by atoms with Crippen molar-refractivity contribution in [3.05, 3.63) is 102 Å². The highest BCUT2D eigenvalue weighted by Gasteiger charge is 2.17. The number of amides is 2. The molecule has 0 aromatic heterocycles. The molecule has 0 bridgehead atoms. The lowest BCUT2D eigenvalue weighted by atomic mass is 9.99. The zero-order valence-electron chi connectivity index (χ0n) is 15.4. The van der Waals surface area contributed by atoms with Gasteiger partial charge in [0.15, 0.2) is 0 Å². The Kier molecular flexibility index (Phi) is 5.90. The van der Waals surface area contributed by atoms with Gasteiger partial charge >= 0.3 is 6.03 Å². The van der Waals surface area contributed by atoms with E-state index in [1.165, 1.54) is 4.90 Å². The van der Waals surface area contributed by atoms with E-state index in [1.54, 1.807) is 14.1 Å². The second kappa shape index (κ2) is 8.72. The van der Waals surface area contributed by atoms with Crippen LogP contribution in [0.5, 0.6) is 0 Å². The number of benzene rings is 3. The molecule has 2 amide bonds. The first-order chi connectivity index (χ1) is 13.1. The lowest BCUT2D eigenvalue weighted by Crippen LogP contribution is -2.24. The van der Waals surface area contributed by atoms with Gasteiger partial charge in [0, 0.05) is 25.2 Å². The number of hydrogen-bond acceptors (Lipinski definition) is 2. The van der Waals surface area contributed by atoms with Crippen LogP contribution in [-0.4, -0.2) is 36.4 Å². The summed E-state index contributed by atoms with van der Waals surface area (Å²) in [6.45, 7) is 0. The summed E-state index contributed by atoms with van der Waals surface area (Å²) in [4.78, 5) is 23.1. The van der Waals surface area contributed by atoms with Crippen molar-refractivity contribution in [1.82, 2.24) is 4.90 Å². The summed E-state index contributed by atoms with van der Waals surface area (Å²) in [5, 5.41) is 0. The fourth-order valence-electron chi connectivity index (χ4n) is 2.53. The smallest absolute Gasteiger partial charge is 0.329 e. The molecule has 0 atom stereocenters. The van der Waals surface area contributed by atoms with Crippen LogP contribution in [0.4, 0.5) is 10.5 Å². The molecule has 0 fully saturated rings. The number of hydrogen-bond donors (Lipinski definition) is 0. The van der Waals surface area contributed by atoms with E-state index in [1.807, 2.05) is 91.0 Å². The van der Waals surface area contributed by atoms with Crippen molar-refractivity contribution in [2.75, 3.05) is 14.1 Å². The normalized spacial score (nSPS) is 11.9. The summed E-state index contributed by atoms with van der Waals surface area (Å²) >= 11 is 0. The fraction of sp³-hybridized carbons (Fsp3) is 0.0870. The summed E-state index contributed by atoms with van der Waals surface area (Å²) < 4.78 is 0. The lowest BCUT2D eigenvalue weighted by Gasteiger charge is -2.13. The molecule has 0 aliphatic carbocycles. The van der Waals surface area contributed by atoms with Gasteiger partial charge in [0.25, 0.3) is 0 Å². The Bertz CT molecular complexity index is 947. The van der Waals surface area contributed by atoms with Crippen molar-refractivity contribution in [2.45, 2.75) is 0 Å². The van der Waals surface area contributed by atoms with Gasteiger partial charge in [-0.05, 0) is 12.1 Å². The van der Waals surface area contributed by atoms with Crippen molar-refractivity contribution in [1.29, 1.82) is 0 Å². The van der Waals surface area contributed by atoms with Crippen molar-refractivity contribution < 1.29 is 4.79 Å². The van der Waals surface area contributed by atoms with Gasteiger partial charge in [0.1, 0.15) is 5.71 Å². The SMILES string of the molecule is CN(C)C(=O)/N=C(/C(=Nc1ccccc1)c1ccccc1)c1ccccc1. The Morgan fingerprint density at radius 1 is 0.667 bits per heavy atom.